The summed E-state index contributed by atoms with van der Waals surface area (Å²) in [6.45, 7) is 16.1. The molecule has 55 heavy (non-hydrogen) atoms. The Bertz CT molecular complexity index is 1290. The molecule has 0 saturated carbocycles. The normalized spacial score (nSPS) is 18.4. The van der Waals surface area contributed by atoms with Crippen molar-refractivity contribution in [3.63, 3.8) is 0 Å². The summed E-state index contributed by atoms with van der Waals surface area (Å²) < 4.78 is 17.2. The molecule has 0 aromatic carbocycles. The highest BCUT2D eigenvalue weighted by molar-refractivity contribution is 5.87. The molecular weight excluding hydrogens is 704 g/mol. The number of aliphatic hydroxyl groups excluding tert-OH is 1. The van der Waals surface area contributed by atoms with Crippen LogP contribution in [-0.4, -0.2) is 153 Å². The van der Waals surface area contributed by atoms with E-state index < -0.39 is 28.9 Å². The van der Waals surface area contributed by atoms with Crippen LogP contribution in [-0.2, 0) is 38.2 Å². The average Bonchev–Trinajstić information content (AvgIpc) is 3.40. The maximum Gasteiger partial charge on any atom is 0.333 e. The van der Waals surface area contributed by atoms with Gasteiger partial charge >= 0.3 is 17.9 Å². The van der Waals surface area contributed by atoms with Crippen molar-refractivity contribution in [3.8, 4) is 0 Å². The molecule has 2 amide bonds. The molecule has 13 nitrogen and oxygen atoms in total. The lowest BCUT2D eigenvalue weighted by atomic mass is 9.70. The molecule has 0 aliphatic carbocycles. The lowest BCUT2D eigenvalue weighted by Gasteiger charge is -2.39. The maximum absolute atomic E-state index is 14.1. The minimum absolute atomic E-state index is 0.0860. The number of hydrogen-bond acceptors (Lipinski definition) is 10. The Labute approximate surface area is 331 Å². The first-order valence-corrected chi connectivity index (χ1v) is 20.6. The number of likely N-dealkylation sites (N-methyl/N-ethyl adjacent to an activating group) is 1. The van der Waals surface area contributed by atoms with E-state index in [4.69, 9.17) is 14.2 Å². The van der Waals surface area contributed by atoms with E-state index in [1.807, 2.05) is 49.8 Å². The molecule has 2 aliphatic rings. The van der Waals surface area contributed by atoms with E-state index >= 15 is 0 Å². The topological polar surface area (TPSA) is 143 Å². The van der Waals surface area contributed by atoms with Crippen LogP contribution in [0.15, 0.2) is 12.2 Å². The fraction of sp³-hybridized carbons (Fsp3) is 0.833. The van der Waals surface area contributed by atoms with Gasteiger partial charge in [0.25, 0.3) is 0 Å². The molecule has 2 rings (SSSR count). The molecule has 0 aromatic rings. The number of aliphatic hydroxyl groups is 1. The van der Waals surface area contributed by atoms with E-state index in [0.29, 0.717) is 62.6 Å². The lowest BCUT2D eigenvalue weighted by molar-refractivity contribution is -0.893. The van der Waals surface area contributed by atoms with Crippen molar-refractivity contribution < 1.29 is 47.8 Å². The van der Waals surface area contributed by atoms with Gasteiger partial charge in [0.05, 0.1) is 44.7 Å². The number of carbonyl (C=O) groups is 5. The predicted octanol–water partition coefficient (Wildman–Crippen LogP) is 4.74. The van der Waals surface area contributed by atoms with Crippen molar-refractivity contribution in [1.29, 1.82) is 0 Å². The Kier molecular flexibility index (Phi) is 19.8. The van der Waals surface area contributed by atoms with Crippen LogP contribution < -0.4 is 0 Å². The summed E-state index contributed by atoms with van der Waals surface area (Å²) in [6.07, 6.45) is 8.07. The fourth-order valence-corrected chi connectivity index (χ4v) is 8.08. The van der Waals surface area contributed by atoms with Crippen LogP contribution in [0.1, 0.15) is 118 Å². The molecule has 2 heterocycles. The molecule has 2 fully saturated rings. The van der Waals surface area contributed by atoms with Gasteiger partial charge in [-0.05, 0) is 107 Å². The van der Waals surface area contributed by atoms with Crippen LogP contribution in [0.25, 0.3) is 0 Å². The van der Waals surface area contributed by atoms with E-state index in [1.54, 1.807) is 20.8 Å². The smallest absolute Gasteiger partial charge is 0.333 e. The maximum atomic E-state index is 14.1. The van der Waals surface area contributed by atoms with Gasteiger partial charge in [-0.3, -0.25) is 19.2 Å². The van der Waals surface area contributed by atoms with Gasteiger partial charge in [0.2, 0.25) is 11.8 Å². The average molecular weight is 780 g/mol. The highest BCUT2D eigenvalue weighted by Gasteiger charge is 2.46. The highest BCUT2D eigenvalue weighted by atomic mass is 16.5. The number of hydrogen-bond donors (Lipinski definition) is 1. The molecule has 0 spiro atoms. The number of nitrogens with zero attached hydrogens (tertiary/aromatic N) is 4. The quantitative estimate of drug-likeness (QED) is 0.0454. The Balaban J connectivity index is 2.14. The van der Waals surface area contributed by atoms with E-state index in [9.17, 15) is 29.1 Å². The number of rotatable bonds is 25. The summed E-state index contributed by atoms with van der Waals surface area (Å²) in [4.78, 5) is 71.4. The van der Waals surface area contributed by atoms with E-state index in [2.05, 4.69) is 13.5 Å². The molecule has 316 valence electrons. The third-order valence-electron chi connectivity index (χ3n) is 11.0. The summed E-state index contributed by atoms with van der Waals surface area (Å²) in [5.41, 5.74) is -1.84. The molecule has 0 bridgehead atoms. The number of ether oxygens (including phenoxy) is 3. The number of amides is 2. The first kappa shape index (κ1) is 48.1. The van der Waals surface area contributed by atoms with Crippen LogP contribution >= 0.6 is 0 Å². The summed E-state index contributed by atoms with van der Waals surface area (Å²) in [6, 6.07) is -0.115. The SMILES string of the molecule is C=C(C)C(=O)OCC(O)C[N+](C)(C)CCCOC(=O)C(C)(C)CC(C)(CC(CCCC(C)N1CCCCCC1=O)N1CCCC1=O)C(=O)OCCCN(C)C. The first-order chi connectivity index (χ1) is 25.7. The molecule has 2 aliphatic heterocycles. The Morgan fingerprint density at radius 1 is 0.873 bits per heavy atom. The van der Waals surface area contributed by atoms with E-state index in [0.717, 1.165) is 51.6 Å². The molecule has 2 saturated heterocycles. The largest absolute Gasteiger partial charge is 0.465 e. The Morgan fingerprint density at radius 3 is 2.13 bits per heavy atom. The van der Waals surface area contributed by atoms with Gasteiger partial charge in [0.1, 0.15) is 19.3 Å². The second kappa shape index (κ2) is 22.6. The molecule has 0 radical (unpaired) electrons. The Hall–Kier alpha value is -3.03. The molecular formula is C42H75N4O9+. The monoisotopic (exact) mass is 780 g/mol. The standard InChI is InChI=1S/C42H75N4O9/c1-32(2)38(50)55-30-35(47)29-46(9,10)25-17-27-53-39(51)41(4,5)31-42(6,40(52)54-26-16-22-43(7)8)28-34(45-24-15-21-37(45)49)19-14-18-33(3)44-23-13-11-12-20-36(44)48/h33-35,47H,1,11-31H2,2-10H3/q+1. The van der Waals surface area contributed by atoms with Crippen molar-refractivity contribution in [2.75, 3.05) is 80.7 Å². The number of quaternary nitrogens is 1. The first-order valence-electron chi connectivity index (χ1n) is 20.6. The number of likely N-dealkylation sites (tertiary alicyclic amines) is 2. The molecule has 13 heteroatoms. The molecule has 4 atom stereocenters. The predicted molar refractivity (Wildman–Crippen MR) is 213 cm³/mol. The number of carbonyl (C=O) groups excluding carboxylic acids is 5. The van der Waals surface area contributed by atoms with Gasteiger partial charge in [-0.15, -0.1) is 0 Å². The molecule has 0 aromatic heterocycles. The third kappa shape index (κ3) is 16.9. The third-order valence-corrected chi connectivity index (χ3v) is 11.0. The van der Waals surface area contributed by atoms with Crippen molar-refractivity contribution in [3.05, 3.63) is 12.2 Å². The minimum Gasteiger partial charge on any atom is -0.465 e. The van der Waals surface area contributed by atoms with Crippen molar-refractivity contribution in [2.45, 2.75) is 136 Å². The second-order valence-corrected chi connectivity index (χ2v) is 18.0. The fourth-order valence-electron chi connectivity index (χ4n) is 8.08. The van der Waals surface area contributed by atoms with Crippen LogP contribution in [0.2, 0.25) is 0 Å². The van der Waals surface area contributed by atoms with E-state index in [-0.39, 0.29) is 61.7 Å². The zero-order valence-electron chi connectivity index (χ0n) is 35.8. The Morgan fingerprint density at radius 2 is 1.49 bits per heavy atom. The molecule has 1 N–H and O–H groups in total. The van der Waals surface area contributed by atoms with Gasteiger partial charge in [0, 0.05) is 56.6 Å². The lowest BCUT2D eigenvalue weighted by Crippen LogP contribution is -2.47. The van der Waals surface area contributed by atoms with E-state index in [1.165, 1.54) is 0 Å². The van der Waals surface area contributed by atoms with Crippen LogP contribution in [0, 0.1) is 10.8 Å². The molecule has 4 unspecified atom stereocenters. The van der Waals surface area contributed by atoms with Crippen molar-refractivity contribution in [1.82, 2.24) is 14.7 Å². The van der Waals surface area contributed by atoms with Gasteiger partial charge in [-0.1, -0.05) is 13.0 Å². The summed E-state index contributed by atoms with van der Waals surface area (Å²) in [7, 11) is 7.83. The van der Waals surface area contributed by atoms with Gasteiger partial charge < -0.3 is 38.5 Å². The van der Waals surface area contributed by atoms with Crippen molar-refractivity contribution >= 4 is 29.7 Å². The van der Waals surface area contributed by atoms with Crippen LogP contribution in [0.3, 0.4) is 0 Å². The zero-order chi connectivity index (χ0) is 41.4. The van der Waals surface area contributed by atoms with Crippen LogP contribution in [0.4, 0.5) is 0 Å². The van der Waals surface area contributed by atoms with Crippen LogP contribution in [0.5, 0.6) is 0 Å². The highest BCUT2D eigenvalue weighted by Crippen LogP contribution is 2.42. The minimum atomic E-state index is -1.08. The zero-order valence-corrected chi connectivity index (χ0v) is 35.8. The van der Waals surface area contributed by atoms with Gasteiger partial charge in [-0.25, -0.2) is 4.79 Å². The summed E-state index contributed by atoms with van der Waals surface area (Å²) >= 11 is 0. The summed E-state index contributed by atoms with van der Waals surface area (Å²) in [5, 5.41) is 10.4. The summed E-state index contributed by atoms with van der Waals surface area (Å²) in [5.74, 6) is -1.03. The van der Waals surface area contributed by atoms with Gasteiger partial charge in [-0.2, -0.15) is 0 Å². The van der Waals surface area contributed by atoms with Crippen molar-refractivity contribution in [2.24, 2.45) is 10.8 Å². The number of esters is 3. The van der Waals surface area contributed by atoms with Gasteiger partial charge in [0.15, 0.2) is 0 Å². The second-order valence-electron chi connectivity index (χ2n) is 18.0.